The summed E-state index contributed by atoms with van der Waals surface area (Å²) < 4.78 is 12.5. The summed E-state index contributed by atoms with van der Waals surface area (Å²) in [6, 6.07) is 13.2. The molecule has 1 aromatic carbocycles. The molecule has 0 aliphatic rings. The summed E-state index contributed by atoms with van der Waals surface area (Å²) in [5.74, 6) is 0.0379. The SMILES string of the molecule is COc1cn(-c2ccccc2)nc1C(=O)NCCCN(Cc1cccnc1)C(=O)OC(C)(C)C. The van der Waals surface area contributed by atoms with Gasteiger partial charge in [0.2, 0.25) is 0 Å². The number of aromatic nitrogens is 3. The molecular formula is C25H31N5O4. The number of benzene rings is 1. The Morgan fingerprint density at radius 1 is 1.12 bits per heavy atom. The first-order valence-corrected chi connectivity index (χ1v) is 11.1. The van der Waals surface area contributed by atoms with Crippen molar-refractivity contribution in [1.82, 2.24) is 25.0 Å². The van der Waals surface area contributed by atoms with Crippen LogP contribution in [0.3, 0.4) is 0 Å². The lowest BCUT2D eigenvalue weighted by Gasteiger charge is -2.27. The van der Waals surface area contributed by atoms with E-state index in [1.165, 1.54) is 7.11 Å². The fraction of sp³-hybridized carbons (Fsp3) is 0.360. The third-order valence-electron chi connectivity index (χ3n) is 4.77. The Hall–Kier alpha value is -3.88. The van der Waals surface area contributed by atoms with Crippen LogP contribution >= 0.6 is 0 Å². The van der Waals surface area contributed by atoms with Gasteiger partial charge >= 0.3 is 6.09 Å². The average Bonchev–Trinajstić information content (AvgIpc) is 3.26. The number of carbonyl (C=O) groups is 2. The second-order valence-corrected chi connectivity index (χ2v) is 8.70. The van der Waals surface area contributed by atoms with Gasteiger partial charge < -0.3 is 19.7 Å². The molecule has 0 unspecified atom stereocenters. The number of para-hydroxylation sites is 1. The summed E-state index contributed by atoms with van der Waals surface area (Å²) in [5, 5.41) is 7.24. The van der Waals surface area contributed by atoms with Gasteiger partial charge in [-0.1, -0.05) is 24.3 Å². The normalized spacial score (nSPS) is 11.1. The van der Waals surface area contributed by atoms with Gasteiger partial charge in [0.25, 0.3) is 5.91 Å². The number of nitrogens with one attached hydrogen (secondary N) is 1. The third kappa shape index (κ3) is 7.06. The summed E-state index contributed by atoms with van der Waals surface area (Å²) >= 11 is 0. The number of carbonyl (C=O) groups excluding carboxylic acids is 2. The van der Waals surface area contributed by atoms with Crippen molar-refractivity contribution < 1.29 is 19.1 Å². The predicted octanol–water partition coefficient (Wildman–Crippen LogP) is 3.83. The maximum absolute atomic E-state index is 12.7. The van der Waals surface area contributed by atoms with Crippen molar-refractivity contribution in [2.45, 2.75) is 39.3 Å². The zero-order valence-electron chi connectivity index (χ0n) is 20.0. The molecule has 1 N–H and O–H groups in total. The maximum Gasteiger partial charge on any atom is 0.410 e. The molecule has 9 heteroatoms. The number of hydrogen-bond acceptors (Lipinski definition) is 6. The van der Waals surface area contributed by atoms with Gasteiger partial charge in [-0.05, 0) is 51.0 Å². The van der Waals surface area contributed by atoms with Gasteiger partial charge in [0.15, 0.2) is 11.4 Å². The van der Waals surface area contributed by atoms with E-state index < -0.39 is 11.7 Å². The van der Waals surface area contributed by atoms with Crippen LogP contribution in [-0.2, 0) is 11.3 Å². The molecule has 3 rings (SSSR count). The van der Waals surface area contributed by atoms with Crippen molar-refractivity contribution in [1.29, 1.82) is 0 Å². The zero-order chi connectivity index (χ0) is 24.6. The number of pyridine rings is 1. The summed E-state index contributed by atoms with van der Waals surface area (Å²) in [6.45, 7) is 6.61. The van der Waals surface area contributed by atoms with Gasteiger partial charge in [-0.3, -0.25) is 9.78 Å². The lowest BCUT2D eigenvalue weighted by molar-refractivity contribution is 0.0232. The second kappa shape index (κ2) is 11.3. The largest absolute Gasteiger partial charge is 0.493 e. The molecule has 34 heavy (non-hydrogen) atoms. The van der Waals surface area contributed by atoms with Crippen molar-refractivity contribution in [3.8, 4) is 11.4 Å². The number of nitrogens with zero attached hydrogens (tertiary/aromatic N) is 4. The van der Waals surface area contributed by atoms with Crippen LogP contribution < -0.4 is 10.1 Å². The van der Waals surface area contributed by atoms with E-state index >= 15 is 0 Å². The first-order chi connectivity index (χ1) is 16.3. The Morgan fingerprint density at radius 2 is 1.88 bits per heavy atom. The third-order valence-corrected chi connectivity index (χ3v) is 4.77. The van der Waals surface area contributed by atoms with Crippen LogP contribution in [0.5, 0.6) is 5.75 Å². The van der Waals surface area contributed by atoms with Crippen molar-refractivity contribution in [3.05, 3.63) is 72.3 Å². The topological polar surface area (TPSA) is 98.6 Å². The summed E-state index contributed by atoms with van der Waals surface area (Å²) in [4.78, 5) is 31.2. The van der Waals surface area contributed by atoms with Crippen LogP contribution in [0.25, 0.3) is 5.69 Å². The minimum Gasteiger partial charge on any atom is -0.493 e. The van der Waals surface area contributed by atoms with Crippen molar-refractivity contribution in [2.24, 2.45) is 0 Å². The number of rotatable bonds is 9. The smallest absolute Gasteiger partial charge is 0.410 e. The number of amides is 2. The monoisotopic (exact) mass is 465 g/mol. The van der Waals surface area contributed by atoms with E-state index in [9.17, 15) is 9.59 Å². The molecule has 2 aromatic heterocycles. The molecule has 0 saturated heterocycles. The Bertz CT molecular complexity index is 1080. The number of hydrogen-bond donors (Lipinski definition) is 1. The van der Waals surface area contributed by atoms with Crippen molar-refractivity contribution in [3.63, 3.8) is 0 Å². The molecule has 2 heterocycles. The van der Waals surface area contributed by atoms with Crippen LogP contribution in [0.2, 0.25) is 0 Å². The molecule has 0 spiro atoms. The predicted molar refractivity (Wildman–Crippen MR) is 128 cm³/mol. The maximum atomic E-state index is 12.7. The van der Waals surface area contributed by atoms with Gasteiger partial charge in [-0.25, -0.2) is 9.48 Å². The molecule has 9 nitrogen and oxygen atoms in total. The Morgan fingerprint density at radius 3 is 2.53 bits per heavy atom. The Balaban J connectivity index is 1.59. The Kier molecular flexibility index (Phi) is 8.24. The molecule has 180 valence electrons. The van der Waals surface area contributed by atoms with Gasteiger partial charge in [-0.15, -0.1) is 0 Å². The molecule has 0 fully saturated rings. The summed E-state index contributed by atoms with van der Waals surface area (Å²) in [5.41, 5.74) is 1.31. The average molecular weight is 466 g/mol. The molecule has 0 aliphatic carbocycles. The summed E-state index contributed by atoms with van der Waals surface area (Å²) in [6.07, 6.45) is 5.19. The fourth-order valence-electron chi connectivity index (χ4n) is 3.21. The molecule has 0 atom stereocenters. The highest BCUT2D eigenvalue weighted by molar-refractivity contribution is 5.94. The second-order valence-electron chi connectivity index (χ2n) is 8.70. The number of ether oxygens (including phenoxy) is 2. The first-order valence-electron chi connectivity index (χ1n) is 11.1. The van der Waals surface area contributed by atoms with Crippen LogP contribution in [0.4, 0.5) is 4.79 Å². The van der Waals surface area contributed by atoms with Gasteiger partial charge in [0.05, 0.1) is 25.5 Å². The first kappa shape index (κ1) is 24.8. The molecule has 0 bridgehead atoms. The quantitative estimate of drug-likeness (QED) is 0.482. The van der Waals surface area contributed by atoms with E-state index in [-0.39, 0.29) is 11.6 Å². The van der Waals surface area contributed by atoms with Crippen LogP contribution in [0.15, 0.2) is 61.1 Å². The molecule has 0 saturated carbocycles. The number of methoxy groups -OCH3 is 1. The van der Waals surface area contributed by atoms with E-state index in [2.05, 4.69) is 15.4 Å². The molecule has 2 amide bonds. The van der Waals surface area contributed by atoms with E-state index in [0.717, 1.165) is 11.3 Å². The van der Waals surface area contributed by atoms with Gasteiger partial charge in [-0.2, -0.15) is 5.10 Å². The van der Waals surface area contributed by atoms with E-state index in [1.54, 1.807) is 28.2 Å². The standard InChI is InChI=1S/C25H31N5O4/c1-25(2,3)34-24(32)29(17-19-10-8-13-26-16-19)15-9-14-27-23(31)22-21(33-4)18-30(28-22)20-11-6-5-7-12-20/h5-8,10-13,16,18H,9,14-15,17H2,1-4H3,(H,27,31). The molecule has 0 radical (unpaired) electrons. The van der Waals surface area contributed by atoms with E-state index in [0.29, 0.717) is 31.8 Å². The van der Waals surface area contributed by atoms with Gasteiger partial charge in [0.1, 0.15) is 5.60 Å². The van der Waals surface area contributed by atoms with Crippen LogP contribution in [0.1, 0.15) is 43.2 Å². The zero-order valence-corrected chi connectivity index (χ0v) is 20.0. The molecular weight excluding hydrogens is 434 g/mol. The molecule has 3 aromatic rings. The minimum absolute atomic E-state index is 0.200. The fourth-order valence-corrected chi connectivity index (χ4v) is 3.21. The highest BCUT2D eigenvalue weighted by atomic mass is 16.6. The van der Waals surface area contributed by atoms with Gasteiger partial charge in [0, 0.05) is 25.5 Å². The van der Waals surface area contributed by atoms with Crippen molar-refractivity contribution >= 4 is 12.0 Å². The van der Waals surface area contributed by atoms with Crippen LogP contribution in [-0.4, -0.2) is 57.5 Å². The van der Waals surface area contributed by atoms with Crippen LogP contribution in [0, 0.1) is 0 Å². The van der Waals surface area contributed by atoms with E-state index in [1.807, 2.05) is 63.2 Å². The lowest BCUT2D eigenvalue weighted by atomic mass is 10.2. The molecule has 0 aliphatic heterocycles. The summed E-state index contributed by atoms with van der Waals surface area (Å²) in [7, 11) is 1.50. The lowest BCUT2D eigenvalue weighted by Crippen LogP contribution is -2.38. The Labute approximate surface area is 199 Å². The highest BCUT2D eigenvalue weighted by Crippen LogP contribution is 2.19. The van der Waals surface area contributed by atoms with Crippen molar-refractivity contribution in [2.75, 3.05) is 20.2 Å². The highest BCUT2D eigenvalue weighted by Gasteiger charge is 2.23. The van der Waals surface area contributed by atoms with E-state index in [4.69, 9.17) is 9.47 Å². The minimum atomic E-state index is -0.605.